The van der Waals surface area contributed by atoms with Crippen molar-refractivity contribution in [3.63, 3.8) is 0 Å². The molecule has 0 N–H and O–H groups in total. The summed E-state index contributed by atoms with van der Waals surface area (Å²) in [6.07, 6.45) is 0. The SMILES string of the molecule is Cc1ccc(COc2ccc([N+](=O)[O-])cc2C#N)cc1. The zero-order valence-corrected chi connectivity index (χ0v) is 10.9. The number of rotatable bonds is 4. The van der Waals surface area contributed by atoms with Gasteiger partial charge in [0.15, 0.2) is 0 Å². The third kappa shape index (κ3) is 3.12. The predicted octanol–water partition coefficient (Wildman–Crippen LogP) is 3.35. The second-order valence-corrected chi connectivity index (χ2v) is 4.32. The van der Waals surface area contributed by atoms with Crippen molar-refractivity contribution in [2.75, 3.05) is 0 Å². The van der Waals surface area contributed by atoms with Gasteiger partial charge in [0.25, 0.3) is 5.69 Å². The van der Waals surface area contributed by atoms with E-state index in [2.05, 4.69) is 0 Å². The fourth-order valence-electron chi connectivity index (χ4n) is 1.69. The predicted molar refractivity (Wildman–Crippen MR) is 73.3 cm³/mol. The Bertz CT molecular complexity index is 673. The van der Waals surface area contributed by atoms with E-state index < -0.39 is 4.92 Å². The van der Waals surface area contributed by atoms with Crippen LogP contribution in [0.1, 0.15) is 16.7 Å². The summed E-state index contributed by atoms with van der Waals surface area (Å²) in [4.78, 5) is 10.1. The topological polar surface area (TPSA) is 76.2 Å². The average molecular weight is 268 g/mol. The Kier molecular flexibility index (Phi) is 3.96. The molecule has 100 valence electrons. The summed E-state index contributed by atoms with van der Waals surface area (Å²) in [5, 5.41) is 19.7. The van der Waals surface area contributed by atoms with E-state index in [-0.39, 0.29) is 11.3 Å². The molecule has 2 rings (SSSR count). The number of aryl methyl sites for hydroxylation is 1. The van der Waals surface area contributed by atoms with Crippen molar-refractivity contribution in [1.29, 1.82) is 5.26 Å². The molecular formula is C15H12N2O3. The maximum atomic E-state index is 10.6. The van der Waals surface area contributed by atoms with E-state index in [1.54, 1.807) is 0 Å². The Labute approximate surface area is 116 Å². The molecule has 2 aromatic rings. The van der Waals surface area contributed by atoms with Crippen molar-refractivity contribution in [2.45, 2.75) is 13.5 Å². The smallest absolute Gasteiger partial charge is 0.271 e. The summed E-state index contributed by atoms with van der Waals surface area (Å²) in [5.74, 6) is 0.346. The van der Waals surface area contributed by atoms with Crippen LogP contribution in [-0.2, 0) is 6.61 Å². The molecule has 2 aromatic carbocycles. The van der Waals surface area contributed by atoms with Gasteiger partial charge in [-0.05, 0) is 18.6 Å². The molecule has 0 aliphatic heterocycles. The lowest BCUT2D eigenvalue weighted by Gasteiger charge is -2.08. The lowest BCUT2D eigenvalue weighted by atomic mass is 10.1. The lowest BCUT2D eigenvalue weighted by Crippen LogP contribution is -1.98. The second-order valence-electron chi connectivity index (χ2n) is 4.32. The van der Waals surface area contributed by atoms with Crippen LogP contribution in [0.15, 0.2) is 42.5 Å². The monoisotopic (exact) mass is 268 g/mol. The Balaban J connectivity index is 2.15. The molecule has 0 spiro atoms. The van der Waals surface area contributed by atoms with E-state index in [0.717, 1.165) is 11.1 Å². The van der Waals surface area contributed by atoms with Gasteiger partial charge in [-0.25, -0.2) is 0 Å². The normalized spacial score (nSPS) is 9.80. The van der Waals surface area contributed by atoms with Crippen LogP contribution >= 0.6 is 0 Å². The molecule has 5 heteroatoms. The minimum absolute atomic E-state index is 0.121. The van der Waals surface area contributed by atoms with Crippen LogP contribution < -0.4 is 4.74 Å². The largest absolute Gasteiger partial charge is 0.488 e. The number of nitriles is 1. The van der Waals surface area contributed by atoms with Gasteiger partial charge in [-0.3, -0.25) is 10.1 Å². The number of nitro benzene ring substituents is 1. The van der Waals surface area contributed by atoms with E-state index in [1.807, 2.05) is 37.3 Å². The van der Waals surface area contributed by atoms with Gasteiger partial charge in [0, 0.05) is 12.1 Å². The van der Waals surface area contributed by atoms with Crippen molar-refractivity contribution < 1.29 is 9.66 Å². The molecule has 0 bridgehead atoms. The Morgan fingerprint density at radius 1 is 1.25 bits per heavy atom. The van der Waals surface area contributed by atoms with Crippen LogP contribution in [0.25, 0.3) is 0 Å². The number of nitro groups is 1. The van der Waals surface area contributed by atoms with Crippen LogP contribution in [-0.4, -0.2) is 4.92 Å². The minimum Gasteiger partial charge on any atom is -0.488 e. The van der Waals surface area contributed by atoms with Crippen molar-refractivity contribution in [2.24, 2.45) is 0 Å². The molecule has 0 saturated heterocycles. The summed E-state index contributed by atoms with van der Waals surface area (Å²) in [6.45, 7) is 2.31. The number of nitrogens with zero attached hydrogens (tertiary/aromatic N) is 2. The molecule has 0 heterocycles. The van der Waals surface area contributed by atoms with Crippen LogP contribution in [0.4, 0.5) is 5.69 Å². The molecule has 0 aliphatic carbocycles. The number of ether oxygens (including phenoxy) is 1. The van der Waals surface area contributed by atoms with Gasteiger partial charge in [-0.15, -0.1) is 0 Å². The van der Waals surface area contributed by atoms with Gasteiger partial charge in [-0.1, -0.05) is 29.8 Å². The summed E-state index contributed by atoms with van der Waals surface area (Å²) < 4.78 is 5.54. The van der Waals surface area contributed by atoms with Gasteiger partial charge in [0.1, 0.15) is 24.0 Å². The highest BCUT2D eigenvalue weighted by Crippen LogP contribution is 2.24. The molecule has 0 radical (unpaired) electrons. The molecule has 0 fully saturated rings. The first-order valence-electron chi connectivity index (χ1n) is 5.97. The van der Waals surface area contributed by atoms with E-state index in [4.69, 9.17) is 10.00 Å². The third-order valence-electron chi connectivity index (χ3n) is 2.81. The first-order valence-corrected chi connectivity index (χ1v) is 5.97. The molecule has 0 aliphatic rings. The van der Waals surface area contributed by atoms with Gasteiger partial charge in [0.05, 0.1) is 4.92 Å². The lowest BCUT2D eigenvalue weighted by molar-refractivity contribution is -0.384. The number of non-ortho nitro benzene ring substituents is 1. The van der Waals surface area contributed by atoms with E-state index in [9.17, 15) is 10.1 Å². The van der Waals surface area contributed by atoms with Gasteiger partial charge >= 0.3 is 0 Å². The van der Waals surface area contributed by atoms with Crippen LogP contribution in [0, 0.1) is 28.4 Å². The molecule has 5 nitrogen and oxygen atoms in total. The third-order valence-corrected chi connectivity index (χ3v) is 2.81. The van der Waals surface area contributed by atoms with Gasteiger partial charge < -0.3 is 4.74 Å². The fraction of sp³-hybridized carbons (Fsp3) is 0.133. The standard InChI is InChI=1S/C15H12N2O3/c1-11-2-4-12(5-3-11)10-20-15-7-6-14(17(18)19)8-13(15)9-16/h2-8H,10H2,1H3. The van der Waals surface area contributed by atoms with Crippen molar-refractivity contribution in [3.8, 4) is 11.8 Å². The summed E-state index contributed by atoms with van der Waals surface area (Å²) in [7, 11) is 0. The summed E-state index contributed by atoms with van der Waals surface area (Å²) in [5.41, 5.74) is 2.16. The van der Waals surface area contributed by atoms with E-state index in [0.29, 0.717) is 12.4 Å². The van der Waals surface area contributed by atoms with Gasteiger partial charge in [0.2, 0.25) is 0 Å². The summed E-state index contributed by atoms with van der Waals surface area (Å²) >= 11 is 0. The highest BCUT2D eigenvalue weighted by molar-refractivity contribution is 5.50. The second kappa shape index (κ2) is 5.85. The minimum atomic E-state index is -0.537. The molecule has 0 amide bonds. The first kappa shape index (κ1) is 13.6. The molecule has 0 aromatic heterocycles. The molecule has 0 unspecified atom stereocenters. The number of hydrogen-bond acceptors (Lipinski definition) is 4. The summed E-state index contributed by atoms with van der Waals surface area (Å²) in [6, 6.07) is 13.7. The van der Waals surface area contributed by atoms with Crippen molar-refractivity contribution in [1.82, 2.24) is 0 Å². The fourth-order valence-corrected chi connectivity index (χ4v) is 1.69. The maximum absolute atomic E-state index is 10.6. The van der Waals surface area contributed by atoms with Gasteiger partial charge in [-0.2, -0.15) is 5.26 Å². The number of benzene rings is 2. The highest BCUT2D eigenvalue weighted by atomic mass is 16.6. The van der Waals surface area contributed by atoms with Crippen LogP contribution in [0.3, 0.4) is 0 Å². The van der Waals surface area contributed by atoms with Crippen LogP contribution in [0.2, 0.25) is 0 Å². The Morgan fingerprint density at radius 2 is 1.95 bits per heavy atom. The van der Waals surface area contributed by atoms with Crippen LogP contribution in [0.5, 0.6) is 5.75 Å². The highest BCUT2D eigenvalue weighted by Gasteiger charge is 2.11. The number of hydrogen-bond donors (Lipinski definition) is 0. The zero-order valence-electron chi connectivity index (χ0n) is 10.9. The molecule has 0 saturated carbocycles. The average Bonchev–Trinajstić information content (AvgIpc) is 2.46. The van der Waals surface area contributed by atoms with E-state index >= 15 is 0 Å². The maximum Gasteiger partial charge on any atom is 0.271 e. The first-order chi connectivity index (χ1) is 9.60. The molecular weight excluding hydrogens is 256 g/mol. The molecule has 0 atom stereocenters. The zero-order chi connectivity index (χ0) is 14.5. The Morgan fingerprint density at radius 3 is 2.55 bits per heavy atom. The quantitative estimate of drug-likeness (QED) is 0.629. The Hall–Kier alpha value is -2.87. The van der Waals surface area contributed by atoms with Crippen molar-refractivity contribution >= 4 is 5.69 Å². The molecule has 20 heavy (non-hydrogen) atoms. The van der Waals surface area contributed by atoms with E-state index in [1.165, 1.54) is 18.2 Å². The van der Waals surface area contributed by atoms with Crippen molar-refractivity contribution in [3.05, 3.63) is 69.3 Å².